The Morgan fingerprint density at radius 2 is 1.74 bits per heavy atom. The van der Waals surface area contributed by atoms with Crippen LogP contribution in [0.3, 0.4) is 0 Å². The lowest BCUT2D eigenvalue weighted by Gasteiger charge is -2.25. The van der Waals surface area contributed by atoms with Crippen LogP contribution in [0.2, 0.25) is 0 Å². The highest BCUT2D eigenvalue weighted by Crippen LogP contribution is 2.70. The first-order valence-corrected chi connectivity index (χ1v) is 7.81. The third-order valence-electron chi connectivity index (χ3n) is 2.79. The molecule has 0 aromatic carbocycles. The molecule has 0 radical (unpaired) electrons. The second-order valence-electron chi connectivity index (χ2n) is 4.12. The van der Waals surface area contributed by atoms with E-state index in [0.29, 0.717) is 0 Å². The van der Waals surface area contributed by atoms with Gasteiger partial charge in [-0.3, -0.25) is 9.36 Å². The molecule has 0 spiro atoms. The third kappa shape index (κ3) is 3.33. The number of alkyl halides is 2. The van der Waals surface area contributed by atoms with E-state index in [4.69, 9.17) is 0 Å². The van der Waals surface area contributed by atoms with E-state index in [9.17, 15) is 18.1 Å². The first-order chi connectivity index (χ1) is 8.84. The zero-order valence-electron chi connectivity index (χ0n) is 11.2. The summed E-state index contributed by atoms with van der Waals surface area (Å²) < 4.78 is 54.4. The maximum absolute atomic E-state index is 14.2. The van der Waals surface area contributed by atoms with Crippen LogP contribution in [0.15, 0.2) is 0 Å². The minimum absolute atomic E-state index is 0.0596. The molecule has 2 atom stereocenters. The van der Waals surface area contributed by atoms with E-state index in [-0.39, 0.29) is 26.2 Å². The number of carbonyl (C=O) groups excluding carboxylic acids is 1. The van der Waals surface area contributed by atoms with E-state index in [0.717, 1.165) is 0 Å². The topological polar surface area (TPSA) is 61.8 Å². The molecule has 5 nitrogen and oxygen atoms in total. The molecule has 0 aliphatic heterocycles. The Morgan fingerprint density at radius 1 is 1.21 bits per heavy atom. The largest absolute Gasteiger partial charge is 0.466 e. The molecule has 0 aromatic heterocycles. The van der Waals surface area contributed by atoms with Gasteiger partial charge in [-0.15, -0.1) is 0 Å². The van der Waals surface area contributed by atoms with Crippen LogP contribution in [0.5, 0.6) is 0 Å². The Bertz CT molecular complexity index is 364. The zero-order valence-corrected chi connectivity index (χ0v) is 12.1. The van der Waals surface area contributed by atoms with Crippen molar-refractivity contribution in [2.24, 2.45) is 11.8 Å². The molecular weight excluding hydrogens is 281 g/mol. The summed E-state index contributed by atoms with van der Waals surface area (Å²) in [5, 5.41) is 0. The summed E-state index contributed by atoms with van der Waals surface area (Å²) in [5.41, 5.74) is -3.67. The van der Waals surface area contributed by atoms with Gasteiger partial charge < -0.3 is 13.8 Å². The Labute approximate surface area is 111 Å². The van der Waals surface area contributed by atoms with E-state index >= 15 is 0 Å². The molecule has 1 aliphatic rings. The molecule has 19 heavy (non-hydrogen) atoms. The third-order valence-corrected chi connectivity index (χ3v) is 5.05. The maximum Gasteiger partial charge on any atom is 0.399 e. The van der Waals surface area contributed by atoms with Crippen molar-refractivity contribution < 1.29 is 31.9 Å². The van der Waals surface area contributed by atoms with E-state index in [1.165, 1.54) is 13.8 Å². The number of rotatable bonds is 8. The number of carbonyl (C=O) groups is 1. The average Bonchev–Trinajstić information content (AvgIpc) is 3.10. The highest BCUT2D eigenvalue weighted by atomic mass is 31.2. The van der Waals surface area contributed by atoms with Gasteiger partial charge in [0.1, 0.15) is 0 Å². The highest BCUT2D eigenvalue weighted by molar-refractivity contribution is 7.55. The summed E-state index contributed by atoms with van der Waals surface area (Å²) in [4.78, 5) is 11.4. The molecule has 1 aliphatic carbocycles. The molecule has 112 valence electrons. The highest BCUT2D eigenvalue weighted by Gasteiger charge is 2.68. The Kier molecular flexibility index (Phi) is 5.47. The van der Waals surface area contributed by atoms with Gasteiger partial charge in [0.15, 0.2) is 0 Å². The molecule has 0 saturated heterocycles. The van der Waals surface area contributed by atoms with Crippen LogP contribution >= 0.6 is 7.60 Å². The van der Waals surface area contributed by atoms with E-state index in [1.54, 1.807) is 6.92 Å². The molecule has 0 bridgehead atoms. The van der Waals surface area contributed by atoms with Crippen molar-refractivity contribution in [3.05, 3.63) is 0 Å². The van der Waals surface area contributed by atoms with Gasteiger partial charge in [-0.25, -0.2) is 0 Å². The van der Waals surface area contributed by atoms with E-state index in [2.05, 4.69) is 13.8 Å². The van der Waals surface area contributed by atoms with Crippen LogP contribution in [0.1, 0.15) is 27.2 Å². The van der Waals surface area contributed by atoms with Gasteiger partial charge in [0.2, 0.25) is 0 Å². The summed E-state index contributed by atoms with van der Waals surface area (Å²) in [5.74, 6) is -2.95. The SMILES string of the molecule is CCOC(=O)[C@@H]1C[C@H]1C(F)(F)P(=O)(OCC)OCC. The lowest BCUT2D eigenvalue weighted by molar-refractivity contribution is -0.146. The van der Waals surface area contributed by atoms with Crippen LogP contribution in [0, 0.1) is 11.8 Å². The number of halogens is 2. The fourth-order valence-electron chi connectivity index (χ4n) is 1.84. The molecule has 0 aromatic rings. The predicted octanol–water partition coefficient (Wildman–Crippen LogP) is 3.04. The summed E-state index contributed by atoms with van der Waals surface area (Å²) in [6.07, 6.45) is -0.0596. The average molecular weight is 300 g/mol. The van der Waals surface area contributed by atoms with Gasteiger partial charge in [0, 0.05) is 5.92 Å². The first kappa shape index (κ1) is 16.5. The number of esters is 1. The number of hydrogen-bond acceptors (Lipinski definition) is 5. The molecule has 1 saturated carbocycles. The van der Waals surface area contributed by atoms with Gasteiger partial charge >= 0.3 is 19.2 Å². The van der Waals surface area contributed by atoms with Crippen LogP contribution in [-0.2, 0) is 23.1 Å². The maximum atomic E-state index is 14.2. The fraction of sp³-hybridized carbons (Fsp3) is 0.909. The molecule has 1 rings (SSSR count). The van der Waals surface area contributed by atoms with Crippen molar-refractivity contribution in [3.8, 4) is 0 Å². The van der Waals surface area contributed by atoms with Crippen molar-refractivity contribution in [2.45, 2.75) is 32.9 Å². The fourth-order valence-corrected chi connectivity index (χ4v) is 3.63. The van der Waals surface area contributed by atoms with Crippen LogP contribution in [-0.4, -0.2) is 31.5 Å². The standard InChI is InChI=1S/C11H19F2O5P/c1-4-16-10(14)8-7-9(8)11(12,13)19(15,17-5-2)18-6-3/h8-9H,4-7H2,1-3H3/t8-,9-/m1/s1. The minimum atomic E-state index is -4.55. The lowest BCUT2D eigenvalue weighted by atomic mass is 10.3. The van der Waals surface area contributed by atoms with Crippen LogP contribution in [0.4, 0.5) is 8.78 Å². The molecule has 0 N–H and O–H groups in total. The minimum Gasteiger partial charge on any atom is -0.466 e. The van der Waals surface area contributed by atoms with Crippen molar-refractivity contribution in [3.63, 3.8) is 0 Å². The van der Waals surface area contributed by atoms with E-state index < -0.39 is 31.1 Å². The van der Waals surface area contributed by atoms with Crippen molar-refractivity contribution >= 4 is 13.6 Å². The van der Waals surface area contributed by atoms with Crippen LogP contribution in [0.25, 0.3) is 0 Å². The van der Waals surface area contributed by atoms with E-state index in [1.807, 2.05) is 0 Å². The van der Waals surface area contributed by atoms with Crippen molar-refractivity contribution in [2.75, 3.05) is 19.8 Å². The molecule has 0 amide bonds. The first-order valence-electron chi connectivity index (χ1n) is 6.27. The summed E-state index contributed by atoms with van der Waals surface area (Å²) in [6, 6.07) is 0. The van der Waals surface area contributed by atoms with Gasteiger partial charge in [0.25, 0.3) is 0 Å². The van der Waals surface area contributed by atoms with Gasteiger partial charge in [-0.2, -0.15) is 8.78 Å². The summed E-state index contributed by atoms with van der Waals surface area (Å²) >= 11 is 0. The predicted molar refractivity (Wildman–Crippen MR) is 64.0 cm³/mol. The van der Waals surface area contributed by atoms with Crippen molar-refractivity contribution in [1.82, 2.24) is 0 Å². The Balaban J connectivity index is 2.80. The van der Waals surface area contributed by atoms with Gasteiger partial charge in [0.05, 0.1) is 25.7 Å². The second kappa shape index (κ2) is 6.29. The normalized spacial score (nSPS) is 23.2. The molecular formula is C11H19F2O5P. The lowest BCUT2D eigenvalue weighted by Crippen LogP contribution is -2.25. The van der Waals surface area contributed by atoms with Crippen molar-refractivity contribution in [1.29, 1.82) is 0 Å². The smallest absolute Gasteiger partial charge is 0.399 e. The molecule has 8 heteroatoms. The summed E-state index contributed by atoms with van der Waals surface area (Å²) in [6.45, 7) is 4.34. The quantitative estimate of drug-likeness (QED) is 0.509. The monoisotopic (exact) mass is 300 g/mol. The second-order valence-corrected chi connectivity index (χ2v) is 6.23. The van der Waals surface area contributed by atoms with Crippen LogP contribution < -0.4 is 0 Å². The number of hydrogen-bond donors (Lipinski definition) is 0. The zero-order chi connectivity index (χ0) is 14.7. The molecule has 1 fully saturated rings. The summed E-state index contributed by atoms with van der Waals surface area (Å²) in [7, 11) is -4.55. The van der Waals surface area contributed by atoms with Gasteiger partial charge in [-0.05, 0) is 27.2 Å². The molecule has 0 unspecified atom stereocenters. The van der Waals surface area contributed by atoms with Gasteiger partial charge in [-0.1, -0.05) is 0 Å². The Morgan fingerprint density at radius 3 is 2.16 bits per heavy atom. The molecule has 0 heterocycles. The number of ether oxygens (including phenoxy) is 1. The Hall–Kier alpha value is -0.520.